The Morgan fingerprint density at radius 1 is 1.11 bits per heavy atom. The molecule has 0 radical (unpaired) electrons. The topological polar surface area (TPSA) is 83.3 Å². The molecule has 3 aromatic heterocycles. The predicted octanol–water partition coefficient (Wildman–Crippen LogP) is 5.61. The van der Waals surface area contributed by atoms with Crippen molar-refractivity contribution in [1.82, 2.24) is 19.5 Å². The van der Waals surface area contributed by atoms with Crippen LogP contribution in [0.15, 0.2) is 48.9 Å². The molecule has 3 aliphatic rings. The molecule has 2 saturated carbocycles. The number of hydrogen-bond acceptors (Lipinski definition) is 7. The maximum Gasteiger partial charge on any atom is 0.163 e. The van der Waals surface area contributed by atoms with E-state index in [2.05, 4.69) is 32.0 Å². The second kappa shape index (κ2) is 8.82. The number of nitrogens with one attached hydrogen (secondary N) is 1. The maximum atomic E-state index is 6.39. The third-order valence-corrected chi connectivity index (χ3v) is 8.07. The van der Waals surface area contributed by atoms with Crippen LogP contribution in [0.2, 0.25) is 5.15 Å². The van der Waals surface area contributed by atoms with Crippen LogP contribution in [-0.2, 0) is 9.47 Å². The molecule has 192 valence electrons. The molecule has 4 heterocycles. The van der Waals surface area contributed by atoms with Crippen LogP contribution in [0.5, 0.6) is 5.75 Å². The zero-order chi connectivity index (χ0) is 25.1. The lowest BCUT2D eigenvalue weighted by molar-refractivity contribution is -0.161. The summed E-state index contributed by atoms with van der Waals surface area (Å²) in [7, 11) is 0. The van der Waals surface area contributed by atoms with E-state index >= 15 is 0 Å². The molecular formula is C28H30ClN5O3. The summed E-state index contributed by atoms with van der Waals surface area (Å²) in [5.74, 6) is 2.02. The van der Waals surface area contributed by atoms with Gasteiger partial charge in [-0.15, -0.1) is 0 Å². The molecule has 7 rings (SSSR count). The van der Waals surface area contributed by atoms with Crippen LogP contribution in [0.25, 0.3) is 21.9 Å². The van der Waals surface area contributed by atoms with Gasteiger partial charge in [-0.2, -0.15) is 0 Å². The minimum absolute atomic E-state index is 0.0576. The van der Waals surface area contributed by atoms with E-state index < -0.39 is 5.79 Å². The predicted molar refractivity (Wildman–Crippen MR) is 142 cm³/mol. The molecule has 2 aliphatic carbocycles. The molecule has 1 aliphatic heterocycles. The fourth-order valence-corrected chi connectivity index (χ4v) is 5.95. The highest BCUT2D eigenvalue weighted by Gasteiger charge is 2.55. The standard InChI is InChI=1S/C28H30ClN5O3/c1-28(2)36-24-18(11-22(25(24)37-28)34-10-9-20-26(29)31-15-32-27(20)34)14-35-19-7-5-17-6-8-23(33-21(17)12-19)30-13-16-3-4-16/h5-10,12,15-16,18,22,24-25H,3-4,11,13-14H2,1-2H3,(H,30,33)/t18-,22-,24-,25+/m1/s1. The molecule has 37 heavy (non-hydrogen) atoms. The lowest BCUT2D eigenvalue weighted by Gasteiger charge is -2.24. The van der Waals surface area contributed by atoms with Gasteiger partial charge in [-0.25, -0.2) is 15.0 Å². The van der Waals surface area contributed by atoms with E-state index in [0.29, 0.717) is 11.8 Å². The normalized spacial score (nSPS) is 26.6. The Kier molecular flexibility index (Phi) is 5.53. The number of nitrogens with zero attached hydrogens (tertiary/aromatic N) is 4. The van der Waals surface area contributed by atoms with Gasteiger partial charge in [0.25, 0.3) is 0 Å². The second-order valence-electron chi connectivity index (χ2n) is 10.9. The average molecular weight is 520 g/mol. The molecule has 0 unspecified atom stereocenters. The molecule has 8 nitrogen and oxygen atoms in total. The first kappa shape index (κ1) is 23.2. The van der Waals surface area contributed by atoms with Crippen molar-refractivity contribution in [2.24, 2.45) is 11.8 Å². The Morgan fingerprint density at radius 2 is 1.95 bits per heavy atom. The number of fused-ring (bicyclic) bond motifs is 3. The molecule has 0 spiro atoms. The number of benzene rings is 1. The third kappa shape index (κ3) is 4.41. The molecule has 1 saturated heterocycles. The fraction of sp³-hybridized carbons (Fsp3) is 0.464. The molecule has 1 N–H and O–H groups in total. The van der Waals surface area contributed by atoms with Gasteiger partial charge in [0.2, 0.25) is 0 Å². The summed E-state index contributed by atoms with van der Waals surface area (Å²) in [5.41, 5.74) is 1.74. The summed E-state index contributed by atoms with van der Waals surface area (Å²) in [6, 6.07) is 12.3. The molecule has 9 heteroatoms. The Labute approximate surface area is 220 Å². The fourth-order valence-electron chi connectivity index (χ4n) is 5.76. The summed E-state index contributed by atoms with van der Waals surface area (Å²) in [6.45, 7) is 5.46. The first-order chi connectivity index (χ1) is 17.9. The largest absolute Gasteiger partial charge is 0.493 e. The van der Waals surface area contributed by atoms with Gasteiger partial charge >= 0.3 is 0 Å². The highest BCUT2D eigenvalue weighted by Crippen LogP contribution is 2.48. The minimum Gasteiger partial charge on any atom is -0.493 e. The SMILES string of the molecule is CC1(C)O[C@@H]2[C@@H](COc3ccc4ccc(NCC5CC5)nc4c3)C[C@@H](n3ccc4c(Cl)ncnc43)[C@@H]2O1. The van der Waals surface area contributed by atoms with Crippen molar-refractivity contribution < 1.29 is 14.2 Å². The van der Waals surface area contributed by atoms with Gasteiger partial charge < -0.3 is 24.1 Å². The lowest BCUT2D eigenvalue weighted by Crippen LogP contribution is -2.29. The van der Waals surface area contributed by atoms with Crippen molar-refractivity contribution in [3.8, 4) is 5.75 Å². The maximum absolute atomic E-state index is 6.39. The van der Waals surface area contributed by atoms with E-state index in [-0.39, 0.29) is 24.2 Å². The van der Waals surface area contributed by atoms with Crippen LogP contribution in [0.1, 0.15) is 39.2 Å². The molecule has 0 amide bonds. The van der Waals surface area contributed by atoms with Gasteiger partial charge in [-0.05, 0) is 69.4 Å². The Hall–Kier alpha value is -2.94. The van der Waals surface area contributed by atoms with Crippen molar-refractivity contribution in [2.45, 2.75) is 57.1 Å². The lowest BCUT2D eigenvalue weighted by atomic mass is 10.1. The zero-order valence-electron chi connectivity index (χ0n) is 20.9. The van der Waals surface area contributed by atoms with Gasteiger partial charge in [0.05, 0.1) is 29.7 Å². The van der Waals surface area contributed by atoms with Gasteiger partial charge in [0.15, 0.2) is 5.79 Å². The smallest absolute Gasteiger partial charge is 0.163 e. The summed E-state index contributed by atoms with van der Waals surface area (Å²) in [6.07, 6.45) is 6.82. The molecule has 4 aromatic rings. The van der Waals surface area contributed by atoms with Crippen molar-refractivity contribution in [3.63, 3.8) is 0 Å². The van der Waals surface area contributed by atoms with E-state index in [1.165, 1.54) is 19.2 Å². The highest BCUT2D eigenvalue weighted by atomic mass is 35.5. The first-order valence-corrected chi connectivity index (χ1v) is 13.4. The van der Waals surface area contributed by atoms with E-state index in [9.17, 15) is 0 Å². The van der Waals surface area contributed by atoms with E-state index in [1.54, 1.807) is 0 Å². The van der Waals surface area contributed by atoms with Crippen LogP contribution in [0, 0.1) is 11.8 Å². The molecule has 1 aromatic carbocycles. The summed E-state index contributed by atoms with van der Waals surface area (Å²) < 4.78 is 21.3. The van der Waals surface area contributed by atoms with Crippen LogP contribution < -0.4 is 10.1 Å². The molecule has 0 bridgehead atoms. The summed E-state index contributed by atoms with van der Waals surface area (Å²) >= 11 is 6.32. The second-order valence-corrected chi connectivity index (χ2v) is 11.3. The number of pyridine rings is 1. The highest BCUT2D eigenvalue weighted by molar-refractivity contribution is 6.33. The van der Waals surface area contributed by atoms with Crippen molar-refractivity contribution in [1.29, 1.82) is 0 Å². The first-order valence-electron chi connectivity index (χ1n) is 13.0. The molecule has 3 fully saturated rings. The number of ether oxygens (including phenoxy) is 3. The summed E-state index contributed by atoms with van der Waals surface area (Å²) in [4.78, 5) is 13.4. The number of aromatic nitrogens is 4. The number of hydrogen-bond donors (Lipinski definition) is 1. The van der Waals surface area contributed by atoms with Gasteiger partial charge in [0.1, 0.15) is 34.8 Å². The average Bonchev–Trinajstić information content (AvgIpc) is 3.41. The van der Waals surface area contributed by atoms with E-state index in [1.807, 2.05) is 44.3 Å². The van der Waals surface area contributed by atoms with E-state index in [0.717, 1.165) is 52.4 Å². The van der Waals surface area contributed by atoms with Gasteiger partial charge in [-0.3, -0.25) is 0 Å². The van der Waals surface area contributed by atoms with E-state index in [4.69, 9.17) is 30.8 Å². The number of anilines is 1. The van der Waals surface area contributed by atoms with Crippen molar-refractivity contribution in [2.75, 3.05) is 18.5 Å². The van der Waals surface area contributed by atoms with Gasteiger partial charge in [0, 0.05) is 30.1 Å². The third-order valence-electron chi connectivity index (χ3n) is 7.77. The summed E-state index contributed by atoms with van der Waals surface area (Å²) in [5, 5.41) is 5.85. The van der Waals surface area contributed by atoms with Crippen LogP contribution in [0.4, 0.5) is 5.82 Å². The quantitative estimate of drug-likeness (QED) is 0.317. The Balaban J connectivity index is 1.11. The van der Waals surface area contributed by atoms with Crippen molar-refractivity contribution in [3.05, 3.63) is 54.1 Å². The van der Waals surface area contributed by atoms with Crippen LogP contribution in [-0.4, -0.2) is 50.7 Å². The zero-order valence-corrected chi connectivity index (χ0v) is 21.7. The Bertz CT molecular complexity index is 1470. The Morgan fingerprint density at radius 3 is 2.81 bits per heavy atom. The molecule has 4 atom stereocenters. The molecular weight excluding hydrogens is 490 g/mol. The minimum atomic E-state index is -0.654. The van der Waals surface area contributed by atoms with Crippen molar-refractivity contribution >= 4 is 39.4 Å². The number of halogens is 1. The van der Waals surface area contributed by atoms with Crippen LogP contribution >= 0.6 is 11.6 Å². The van der Waals surface area contributed by atoms with Gasteiger partial charge in [-0.1, -0.05) is 11.6 Å². The number of rotatable bonds is 7. The monoisotopic (exact) mass is 519 g/mol. The van der Waals surface area contributed by atoms with Crippen LogP contribution in [0.3, 0.4) is 0 Å².